The van der Waals surface area contributed by atoms with E-state index in [1.54, 1.807) is 0 Å². The normalized spacial score (nSPS) is 12.1. The molecule has 0 amide bonds. The van der Waals surface area contributed by atoms with Crippen LogP contribution in [-0.4, -0.2) is 27.4 Å². The molecule has 2 aromatic heterocycles. The van der Waals surface area contributed by atoms with Crippen molar-refractivity contribution in [1.82, 2.24) is 19.6 Å². The highest BCUT2D eigenvalue weighted by Gasteiger charge is 2.19. The molecule has 0 saturated carbocycles. The Labute approximate surface area is 284 Å². The van der Waals surface area contributed by atoms with Gasteiger partial charge >= 0.3 is 6.21 Å². The summed E-state index contributed by atoms with van der Waals surface area (Å²) in [4.78, 5) is 15.2. The minimum absolute atomic E-state index is 0.709. The lowest BCUT2D eigenvalue weighted by Crippen LogP contribution is -1.96. The predicted molar refractivity (Wildman–Crippen MR) is 204 cm³/mol. The Balaban J connectivity index is 1.17. The van der Waals surface area contributed by atoms with Crippen LogP contribution < -0.4 is 4.67 Å². The van der Waals surface area contributed by atoms with Gasteiger partial charge in [0.25, 0.3) is 6.21 Å². The van der Waals surface area contributed by atoms with Gasteiger partial charge in [-0.05, 0) is 40.5 Å². The van der Waals surface area contributed by atoms with Gasteiger partial charge in [-0.15, -0.1) is 4.67 Å². The van der Waals surface area contributed by atoms with Crippen molar-refractivity contribution in [3.63, 3.8) is 0 Å². The summed E-state index contributed by atoms with van der Waals surface area (Å²) in [5.74, 6) is 0.709. The highest BCUT2D eigenvalue weighted by atomic mass is 14.9. The van der Waals surface area contributed by atoms with Crippen molar-refractivity contribution in [2.24, 2.45) is 0 Å². The highest BCUT2D eigenvalue weighted by Crippen LogP contribution is 2.39. The first-order chi connectivity index (χ1) is 24.3. The molecule has 8 aromatic rings. The highest BCUT2D eigenvalue weighted by molar-refractivity contribution is 6.24. The third kappa shape index (κ3) is 5.33. The number of pyridine rings is 1. The Morgan fingerprint density at radius 1 is 0.429 bits per heavy atom. The lowest BCUT2D eigenvalue weighted by atomic mass is 9.91. The summed E-state index contributed by atoms with van der Waals surface area (Å²) in [7, 11) is 0. The van der Waals surface area contributed by atoms with E-state index in [1.165, 1.54) is 16.5 Å². The van der Waals surface area contributed by atoms with Crippen LogP contribution in [0.3, 0.4) is 0 Å². The SMILES string of the molecule is C1=[N+]=CC(c2nc3ccc(-c4ccc(-c5cc(-c6ccccc6)nc(-c6ccccc6)n5)cc4)cc3c3c(-c4ccccc4)cccc23)=C1. The number of hydrogen-bond acceptors (Lipinski definition) is 3. The minimum atomic E-state index is 0.709. The topological polar surface area (TPSA) is 52.8 Å². The molecule has 0 unspecified atom stereocenters. The van der Waals surface area contributed by atoms with Crippen LogP contribution in [-0.2, 0) is 0 Å². The third-order valence-electron chi connectivity index (χ3n) is 9.07. The van der Waals surface area contributed by atoms with Crippen LogP contribution in [0.1, 0.15) is 5.69 Å². The summed E-state index contributed by atoms with van der Waals surface area (Å²) < 4.78 is 4.34. The van der Waals surface area contributed by atoms with Crippen molar-refractivity contribution in [3.05, 3.63) is 169 Å². The van der Waals surface area contributed by atoms with E-state index in [1.807, 2.05) is 54.9 Å². The van der Waals surface area contributed by atoms with E-state index in [0.717, 1.165) is 66.8 Å². The first kappa shape index (κ1) is 28.5. The Morgan fingerprint density at radius 3 is 1.71 bits per heavy atom. The van der Waals surface area contributed by atoms with Crippen LogP contribution in [0.5, 0.6) is 0 Å². The van der Waals surface area contributed by atoms with Crippen LogP contribution in [0.2, 0.25) is 0 Å². The number of fused-ring (bicyclic) bond motifs is 3. The molecule has 4 heteroatoms. The fraction of sp³-hybridized carbons (Fsp3) is 0. The molecule has 4 nitrogen and oxygen atoms in total. The van der Waals surface area contributed by atoms with Crippen LogP contribution in [0.15, 0.2) is 164 Å². The summed E-state index contributed by atoms with van der Waals surface area (Å²) in [5, 5.41) is 3.42. The van der Waals surface area contributed by atoms with Gasteiger partial charge in [-0.2, -0.15) is 0 Å². The van der Waals surface area contributed by atoms with Crippen molar-refractivity contribution < 1.29 is 0 Å². The molecule has 0 N–H and O–H groups in total. The third-order valence-corrected chi connectivity index (χ3v) is 9.07. The maximum Gasteiger partial charge on any atom is 0.302 e. The average Bonchev–Trinajstić information content (AvgIpc) is 3.73. The van der Waals surface area contributed by atoms with Crippen LogP contribution in [0.4, 0.5) is 0 Å². The molecule has 0 fully saturated rings. The molecule has 9 rings (SSSR count). The average molecular weight is 626 g/mol. The molecule has 0 saturated heterocycles. The van der Waals surface area contributed by atoms with Crippen molar-refractivity contribution in [3.8, 4) is 56.2 Å². The maximum atomic E-state index is 5.18. The first-order valence-electron chi connectivity index (χ1n) is 16.4. The van der Waals surface area contributed by atoms with Gasteiger partial charge in [-0.1, -0.05) is 140 Å². The van der Waals surface area contributed by atoms with Gasteiger partial charge in [0.1, 0.15) is 0 Å². The molecule has 228 valence electrons. The van der Waals surface area contributed by atoms with E-state index in [2.05, 4.69) is 126 Å². The van der Waals surface area contributed by atoms with E-state index < -0.39 is 0 Å². The van der Waals surface area contributed by atoms with Gasteiger partial charge < -0.3 is 0 Å². The van der Waals surface area contributed by atoms with E-state index in [9.17, 15) is 0 Å². The number of benzene rings is 6. The monoisotopic (exact) mass is 625 g/mol. The Kier molecular flexibility index (Phi) is 7.05. The summed E-state index contributed by atoms with van der Waals surface area (Å²) in [6.07, 6.45) is 5.75. The van der Waals surface area contributed by atoms with Gasteiger partial charge in [0.2, 0.25) is 0 Å². The smallest absolute Gasteiger partial charge is 0.247 e. The zero-order valence-electron chi connectivity index (χ0n) is 26.5. The Hall–Kier alpha value is -6.74. The van der Waals surface area contributed by atoms with Crippen LogP contribution in [0.25, 0.3) is 83.4 Å². The molecule has 49 heavy (non-hydrogen) atoms. The molecule has 0 spiro atoms. The minimum Gasteiger partial charge on any atom is -0.247 e. The van der Waals surface area contributed by atoms with E-state index >= 15 is 0 Å². The standard InChI is InChI=1S/C45H29N4/c1-4-11-31(12-5-1)37-17-10-18-38-43(37)39-27-35(23-24-40(39)47-44(38)36-25-26-46-29-36)30-19-21-33(22-20-30)42-28-41(32-13-6-2-7-14-32)48-45(49-42)34-15-8-3-9-16-34/h1-29H/q+1. The van der Waals surface area contributed by atoms with E-state index in [-0.39, 0.29) is 0 Å². The number of nitrogens with zero attached hydrogens (tertiary/aromatic N) is 4. The molecule has 0 atom stereocenters. The zero-order chi connectivity index (χ0) is 32.6. The summed E-state index contributed by atoms with van der Waals surface area (Å²) in [6, 6.07) is 54.9. The van der Waals surface area contributed by atoms with E-state index in [4.69, 9.17) is 15.0 Å². The van der Waals surface area contributed by atoms with Crippen molar-refractivity contribution in [1.29, 1.82) is 0 Å². The molecule has 3 heterocycles. The molecule has 1 aliphatic heterocycles. The molecule has 0 radical (unpaired) electrons. The lowest BCUT2D eigenvalue weighted by molar-refractivity contribution is 1.18. The second kappa shape index (κ2) is 12.1. The van der Waals surface area contributed by atoms with E-state index in [0.29, 0.717) is 5.82 Å². The number of aromatic nitrogens is 3. The zero-order valence-corrected chi connectivity index (χ0v) is 26.5. The van der Waals surface area contributed by atoms with Gasteiger partial charge in [-0.25, -0.2) is 15.0 Å². The van der Waals surface area contributed by atoms with Crippen LogP contribution >= 0.6 is 0 Å². The lowest BCUT2D eigenvalue weighted by Gasteiger charge is -2.14. The van der Waals surface area contributed by atoms with Crippen molar-refractivity contribution in [2.75, 3.05) is 0 Å². The van der Waals surface area contributed by atoms with Gasteiger partial charge in [0.15, 0.2) is 5.82 Å². The fourth-order valence-electron chi connectivity index (χ4n) is 6.64. The quantitative estimate of drug-likeness (QED) is 0.136. The second-order valence-electron chi connectivity index (χ2n) is 12.1. The molecule has 0 aliphatic carbocycles. The number of allylic oxidation sites excluding steroid dienone is 2. The number of rotatable bonds is 6. The molecular formula is C45H29N4+. The molecule has 0 bridgehead atoms. The van der Waals surface area contributed by atoms with Crippen molar-refractivity contribution >= 4 is 39.7 Å². The summed E-state index contributed by atoms with van der Waals surface area (Å²) in [6.45, 7) is 0. The second-order valence-corrected chi connectivity index (χ2v) is 12.1. The molecule has 1 aliphatic rings. The van der Waals surface area contributed by atoms with Gasteiger partial charge in [0, 0.05) is 38.9 Å². The first-order valence-corrected chi connectivity index (χ1v) is 16.4. The fourth-order valence-corrected chi connectivity index (χ4v) is 6.64. The van der Waals surface area contributed by atoms with Crippen molar-refractivity contribution in [2.45, 2.75) is 0 Å². The Morgan fingerprint density at radius 2 is 1.04 bits per heavy atom. The molecule has 6 aromatic carbocycles. The predicted octanol–water partition coefficient (Wildman–Crippen LogP) is 10.1. The summed E-state index contributed by atoms with van der Waals surface area (Å²) in [5.41, 5.74) is 12.4. The van der Waals surface area contributed by atoms with Gasteiger partial charge in [0.05, 0.1) is 28.2 Å². The largest absolute Gasteiger partial charge is 0.302 e. The number of hydrogen-bond donors (Lipinski definition) is 0. The Bertz CT molecular complexity index is 2540. The van der Waals surface area contributed by atoms with Crippen LogP contribution in [0, 0.1) is 0 Å². The summed E-state index contributed by atoms with van der Waals surface area (Å²) >= 11 is 0. The maximum absolute atomic E-state index is 5.18. The van der Waals surface area contributed by atoms with Gasteiger partial charge in [-0.3, -0.25) is 0 Å². The molecular weight excluding hydrogens is 597 g/mol.